The summed E-state index contributed by atoms with van der Waals surface area (Å²) >= 11 is 0. The lowest BCUT2D eigenvalue weighted by molar-refractivity contribution is -0.132. The molecular weight excluding hydrogens is 176 g/mol. The summed E-state index contributed by atoms with van der Waals surface area (Å²) in [6.07, 6.45) is 5.42. The molecule has 2 heteroatoms. The lowest BCUT2D eigenvalue weighted by atomic mass is 9.84. The molecule has 1 saturated carbocycles. The van der Waals surface area contributed by atoms with Crippen molar-refractivity contribution in [3.8, 4) is 0 Å². The summed E-state index contributed by atoms with van der Waals surface area (Å²) in [6, 6.07) is 0. The molecule has 14 heavy (non-hydrogen) atoms. The van der Waals surface area contributed by atoms with Crippen LogP contribution in [0.1, 0.15) is 26.2 Å². The molecule has 76 valence electrons. The van der Waals surface area contributed by atoms with Crippen LogP contribution in [0.25, 0.3) is 0 Å². The number of carboxylic acids is 1. The van der Waals surface area contributed by atoms with E-state index in [4.69, 9.17) is 5.11 Å². The van der Waals surface area contributed by atoms with E-state index in [2.05, 4.69) is 19.6 Å². The largest absolute Gasteiger partial charge is 0.478 e. The Kier molecular flexibility index (Phi) is 2.22. The second kappa shape index (κ2) is 3.26. The Bertz CT molecular complexity index is 314. The zero-order valence-corrected chi connectivity index (χ0v) is 8.49. The van der Waals surface area contributed by atoms with Crippen LogP contribution in [0.3, 0.4) is 0 Å². The first-order chi connectivity index (χ1) is 6.58. The van der Waals surface area contributed by atoms with Gasteiger partial charge in [-0.05, 0) is 43.9 Å². The Morgan fingerprint density at radius 2 is 2.36 bits per heavy atom. The van der Waals surface area contributed by atoms with Gasteiger partial charge in [-0.25, -0.2) is 4.79 Å². The maximum absolute atomic E-state index is 10.7. The third-order valence-corrected chi connectivity index (χ3v) is 3.63. The van der Waals surface area contributed by atoms with Gasteiger partial charge >= 0.3 is 5.97 Å². The van der Waals surface area contributed by atoms with Crippen molar-refractivity contribution in [2.45, 2.75) is 26.2 Å². The summed E-state index contributed by atoms with van der Waals surface area (Å²) in [6.45, 7) is 5.77. The second-order valence-corrected chi connectivity index (χ2v) is 4.62. The minimum absolute atomic E-state index is 0.371. The Balaban J connectivity index is 1.99. The van der Waals surface area contributed by atoms with E-state index in [-0.39, 0.29) is 0 Å². The number of fused-ring (bicyclic) bond motifs is 2. The normalized spacial score (nSPS) is 34.4. The van der Waals surface area contributed by atoms with Crippen molar-refractivity contribution in [2.75, 3.05) is 0 Å². The Hall–Kier alpha value is -1.05. The van der Waals surface area contributed by atoms with Crippen molar-refractivity contribution in [3.05, 3.63) is 23.8 Å². The molecule has 0 aliphatic heterocycles. The second-order valence-electron chi connectivity index (χ2n) is 4.62. The van der Waals surface area contributed by atoms with Crippen LogP contribution in [-0.4, -0.2) is 11.1 Å². The molecular formula is C12H16O2. The van der Waals surface area contributed by atoms with E-state index in [1.54, 1.807) is 0 Å². The number of carboxylic acid groups (broad SMARTS) is 1. The van der Waals surface area contributed by atoms with Crippen molar-refractivity contribution in [1.82, 2.24) is 0 Å². The number of rotatable bonds is 3. The van der Waals surface area contributed by atoms with Gasteiger partial charge < -0.3 is 5.11 Å². The van der Waals surface area contributed by atoms with Crippen LogP contribution in [0.5, 0.6) is 0 Å². The summed E-state index contributed by atoms with van der Waals surface area (Å²) < 4.78 is 0. The highest BCUT2D eigenvalue weighted by molar-refractivity contribution is 5.85. The lowest BCUT2D eigenvalue weighted by Crippen LogP contribution is -2.13. The van der Waals surface area contributed by atoms with Crippen molar-refractivity contribution in [3.63, 3.8) is 0 Å². The van der Waals surface area contributed by atoms with Crippen molar-refractivity contribution >= 4 is 5.97 Å². The molecule has 1 N–H and O–H groups in total. The fraction of sp³-hybridized carbons (Fsp3) is 0.583. The summed E-state index contributed by atoms with van der Waals surface area (Å²) in [5.74, 6) is 1.05. The number of allylic oxidation sites excluding steroid dienone is 2. The first-order valence-corrected chi connectivity index (χ1v) is 5.17. The van der Waals surface area contributed by atoms with Crippen molar-refractivity contribution < 1.29 is 9.90 Å². The van der Waals surface area contributed by atoms with Crippen LogP contribution in [-0.2, 0) is 4.79 Å². The van der Waals surface area contributed by atoms with Gasteiger partial charge in [0.05, 0.1) is 0 Å². The van der Waals surface area contributed by atoms with Gasteiger partial charge in [0.1, 0.15) is 0 Å². The first-order valence-electron chi connectivity index (χ1n) is 5.17. The predicted octanol–water partition coefficient (Wildman–Crippen LogP) is 2.62. The number of carbonyl (C=O) groups is 1. The molecule has 2 rings (SSSR count). The molecule has 2 nitrogen and oxygen atoms in total. The van der Waals surface area contributed by atoms with E-state index in [0.717, 1.165) is 6.42 Å². The highest BCUT2D eigenvalue weighted by atomic mass is 16.4. The van der Waals surface area contributed by atoms with E-state index < -0.39 is 5.97 Å². The molecule has 0 spiro atoms. The van der Waals surface area contributed by atoms with E-state index in [1.807, 2.05) is 0 Å². The lowest BCUT2D eigenvalue weighted by Gasteiger charge is -2.21. The Morgan fingerprint density at radius 3 is 2.86 bits per heavy atom. The summed E-state index contributed by atoms with van der Waals surface area (Å²) in [7, 11) is 0. The maximum atomic E-state index is 10.7. The molecule has 0 aromatic carbocycles. The zero-order valence-electron chi connectivity index (χ0n) is 8.49. The molecule has 0 aromatic heterocycles. The minimum Gasteiger partial charge on any atom is -0.478 e. The predicted molar refractivity (Wildman–Crippen MR) is 54.9 cm³/mol. The average molecular weight is 192 g/mol. The third-order valence-electron chi connectivity index (χ3n) is 3.63. The Morgan fingerprint density at radius 1 is 1.64 bits per heavy atom. The van der Waals surface area contributed by atoms with Gasteiger partial charge in [0.2, 0.25) is 0 Å². The standard InChI is InChI=1S/C12H16O2/c1-7-3-9-5-10(11(7)6-9)4-8(2)12(13)14/h3,9-11H,2,4-6H2,1H3,(H,13,14). The van der Waals surface area contributed by atoms with Gasteiger partial charge in [-0.2, -0.15) is 0 Å². The topological polar surface area (TPSA) is 37.3 Å². The van der Waals surface area contributed by atoms with Crippen LogP contribution in [0.2, 0.25) is 0 Å². The minimum atomic E-state index is -0.839. The van der Waals surface area contributed by atoms with E-state index in [0.29, 0.717) is 29.7 Å². The van der Waals surface area contributed by atoms with Crippen LogP contribution in [0.15, 0.2) is 23.8 Å². The fourth-order valence-corrected chi connectivity index (χ4v) is 2.99. The van der Waals surface area contributed by atoms with Crippen LogP contribution in [0, 0.1) is 17.8 Å². The maximum Gasteiger partial charge on any atom is 0.330 e. The monoisotopic (exact) mass is 192 g/mol. The van der Waals surface area contributed by atoms with Gasteiger partial charge in [-0.1, -0.05) is 18.2 Å². The van der Waals surface area contributed by atoms with E-state index in [1.165, 1.54) is 12.0 Å². The van der Waals surface area contributed by atoms with Crippen LogP contribution < -0.4 is 0 Å². The summed E-state index contributed by atoms with van der Waals surface area (Å²) in [5.41, 5.74) is 1.83. The molecule has 0 aromatic rings. The average Bonchev–Trinajstić information content (AvgIpc) is 2.61. The molecule has 3 unspecified atom stereocenters. The van der Waals surface area contributed by atoms with Crippen LogP contribution >= 0.6 is 0 Å². The van der Waals surface area contributed by atoms with Gasteiger partial charge in [0, 0.05) is 5.57 Å². The van der Waals surface area contributed by atoms with Gasteiger partial charge in [-0.15, -0.1) is 0 Å². The number of hydrogen-bond acceptors (Lipinski definition) is 1. The molecule has 1 fully saturated rings. The smallest absolute Gasteiger partial charge is 0.330 e. The van der Waals surface area contributed by atoms with Crippen molar-refractivity contribution in [1.29, 1.82) is 0 Å². The SMILES string of the molecule is C=C(CC1CC2C=C(C)C1C2)C(=O)O. The zero-order chi connectivity index (χ0) is 10.3. The van der Waals surface area contributed by atoms with E-state index in [9.17, 15) is 4.79 Å². The van der Waals surface area contributed by atoms with E-state index >= 15 is 0 Å². The Labute approximate surface area is 84.3 Å². The fourth-order valence-electron chi connectivity index (χ4n) is 2.99. The van der Waals surface area contributed by atoms with Crippen molar-refractivity contribution in [2.24, 2.45) is 17.8 Å². The summed E-state index contributed by atoms with van der Waals surface area (Å²) in [5, 5.41) is 8.76. The summed E-state index contributed by atoms with van der Waals surface area (Å²) in [4.78, 5) is 10.7. The molecule has 2 aliphatic rings. The molecule has 2 aliphatic carbocycles. The van der Waals surface area contributed by atoms with Gasteiger partial charge in [0.15, 0.2) is 0 Å². The molecule has 0 radical (unpaired) electrons. The molecule has 0 amide bonds. The quantitative estimate of drug-likeness (QED) is 0.551. The third kappa shape index (κ3) is 1.49. The highest BCUT2D eigenvalue weighted by Crippen LogP contribution is 2.49. The molecule has 0 heterocycles. The first kappa shape index (κ1) is 9.50. The molecule has 0 saturated heterocycles. The number of aliphatic carboxylic acids is 1. The highest BCUT2D eigenvalue weighted by Gasteiger charge is 2.39. The van der Waals surface area contributed by atoms with Crippen LogP contribution in [0.4, 0.5) is 0 Å². The molecule has 3 atom stereocenters. The molecule has 2 bridgehead atoms. The van der Waals surface area contributed by atoms with Gasteiger partial charge in [0.25, 0.3) is 0 Å². The van der Waals surface area contributed by atoms with Gasteiger partial charge in [-0.3, -0.25) is 0 Å². The number of hydrogen-bond donors (Lipinski definition) is 1.